The van der Waals surface area contributed by atoms with Crippen LogP contribution in [0, 0.1) is 13.8 Å². The third-order valence-electron chi connectivity index (χ3n) is 5.51. The summed E-state index contributed by atoms with van der Waals surface area (Å²) >= 11 is 1.27. The van der Waals surface area contributed by atoms with Crippen LogP contribution in [0.5, 0.6) is 0 Å². The van der Waals surface area contributed by atoms with Crippen molar-refractivity contribution < 1.29 is 4.79 Å². The number of thiophene rings is 1. The molecule has 1 amide bonds. The van der Waals surface area contributed by atoms with Crippen LogP contribution in [0.1, 0.15) is 36.5 Å². The Balaban J connectivity index is 1.74. The average molecular weight is 448 g/mol. The Morgan fingerprint density at radius 2 is 1.75 bits per heavy atom. The molecule has 6 nitrogen and oxygen atoms in total. The molecule has 32 heavy (non-hydrogen) atoms. The van der Waals surface area contributed by atoms with Gasteiger partial charge in [0, 0.05) is 5.69 Å². The molecule has 2 heterocycles. The molecule has 7 heteroatoms. The minimum atomic E-state index is -0.529. The summed E-state index contributed by atoms with van der Waals surface area (Å²) < 4.78 is 2.97. The monoisotopic (exact) mass is 447 g/mol. The molecule has 2 aromatic heterocycles. The van der Waals surface area contributed by atoms with Gasteiger partial charge in [-0.3, -0.25) is 14.2 Å². The van der Waals surface area contributed by atoms with Crippen LogP contribution in [0.15, 0.2) is 63.5 Å². The first-order valence-electron chi connectivity index (χ1n) is 10.5. The van der Waals surface area contributed by atoms with E-state index in [-0.39, 0.29) is 18.0 Å². The van der Waals surface area contributed by atoms with Crippen molar-refractivity contribution in [1.29, 1.82) is 0 Å². The van der Waals surface area contributed by atoms with Crippen LogP contribution < -0.4 is 16.6 Å². The maximum absolute atomic E-state index is 13.4. The lowest BCUT2D eigenvalue weighted by atomic mass is 10.0. The fourth-order valence-electron chi connectivity index (χ4n) is 3.80. The fraction of sp³-hybridized carbons (Fsp3) is 0.240. The molecular weight excluding hydrogens is 422 g/mol. The molecule has 0 fully saturated rings. The van der Waals surface area contributed by atoms with Gasteiger partial charge in [0.2, 0.25) is 5.91 Å². The van der Waals surface area contributed by atoms with E-state index in [1.54, 1.807) is 17.5 Å². The molecule has 4 aromatic rings. The van der Waals surface area contributed by atoms with E-state index in [1.165, 1.54) is 21.5 Å². The molecule has 0 saturated carbocycles. The van der Waals surface area contributed by atoms with E-state index >= 15 is 0 Å². The van der Waals surface area contributed by atoms with Gasteiger partial charge in [0.25, 0.3) is 5.56 Å². The zero-order valence-corrected chi connectivity index (χ0v) is 19.3. The fourth-order valence-corrected chi connectivity index (χ4v) is 4.63. The van der Waals surface area contributed by atoms with Gasteiger partial charge in [-0.1, -0.05) is 43.7 Å². The Labute approximate surface area is 189 Å². The third-order valence-corrected chi connectivity index (χ3v) is 6.40. The summed E-state index contributed by atoms with van der Waals surface area (Å²) in [5, 5.41) is 4.61. The van der Waals surface area contributed by atoms with Gasteiger partial charge in [-0.25, -0.2) is 9.36 Å². The first kappa shape index (κ1) is 21.8. The summed E-state index contributed by atoms with van der Waals surface area (Å²) in [6.07, 6.45) is 0. The van der Waals surface area contributed by atoms with Crippen LogP contribution in [-0.2, 0) is 11.3 Å². The molecule has 0 aliphatic rings. The molecule has 0 atom stereocenters. The number of hydrogen-bond acceptors (Lipinski definition) is 4. The van der Waals surface area contributed by atoms with E-state index in [4.69, 9.17) is 0 Å². The topological polar surface area (TPSA) is 73.1 Å². The summed E-state index contributed by atoms with van der Waals surface area (Å²) in [6, 6.07) is 14.9. The quantitative estimate of drug-likeness (QED) is 0.486. The van der Waals surface area contributed by atoms with Gasteiger partial charge in [-0.2, -0.15) is 0 Å². The van der Waals surface area contributed by atoms with Crippen molar-refractivity contribution in [3.63, 3.8) is 0 Å². The Morgan fingerprint density at radius 3 is 2.41 bits per heavy atom. The van der Waals surface area contributed by atoms with Crippen molar-refractivity contribution in [2.24, 2.45) is 0 Å². The standard InChI is InChI=1S/C25H25N3O3S/c1-15(2)18-6-8-19(9-7-18)26-22(29)14-27-21-11-12-32-23(21)24(30)28(25(27)31)20-10-5-16(3)13-17(20)4/h5-13,15H,14H2,1-4H3,(H,26,29). The number of benzene rings is 2. The highest BCUT2D eigenvalue weighted by Crippen LogP contribution is 2.19. The Morgan fingerprint density at radius 1 is 1.03 bits per heavy atom. The summed E-state index contributed by atoms with van der Waals surface area (Å²) in [7, 11) is 0. The number of hydrogen-bond donors (Lipinski definition) is 1. The van der Waals surface area contributed by atoms with E-state index in [0.29, 0.717) is 27.5 Å². The Hall–Kier alpha value is -3.45. The molecule has 1 N–H and O–H groups in total. The third kappa shape index (κ3) is 4.03. The van der Waals surface area contributed by atoms with Gasteiger partial charge in [-0.15, -0.1) is 11.3 Å². The maximum Gasteiger partial charge on any atom is 0.336 e. The zero-order valence-electron chi connectivity index (χ0n) is 18.5. The van der Waals surface area contributed by atoms with Gasteiger partial charge in [0.15, 0.2) is 0 Å². The van der Waals surface area contributed by atoms with Gasteiger partial charge in [0.05, 0.1) is 11.2 Å². The van der Waals surface area contributed by atoms with Crippen LogP contribution >= 0.6 is 11.3 Å². The zero-order chi connectivity index (χ0) is 23.0. The minimum Gasteiger partial charge on any atom is -0.325 e. The maximum atomic E-state index is 13.4. The largest absolute Gasteiger partial charge is 0.336 e. The van der Waals surface area contributed by atoms with E-state index in [0.717, 1.165) is 15.7 Å². The first-order valence-corrected chi connectivity index (χ1v) is 11.3. The Bertz CT molecular complexity index is 1430. The number of amides is 1. The SMILES string of the molecule is Cc1ccc(-n2c(=O)c3sccc3n(CC(=O)Nc3ccc(C(C)C)cc3)c2=O)c(C)c1. The molecule has 0 aliphatic heterocycles. The molecule has 0 aliphatic carbocycles. The number of carbonyl (C=O) groups excluding carboxylic acids is 1. The van der Waals surface area contributed by atoms with Crippen LogP contribution in [0.3, 0.4) is 0 Å². The summed E-state index contributed by atoms with van der Waals surface area (Å²) in [5.74, 6) is 0.0687. The highest BCUT2D eigenvalue weighted by atomic mass is 32.1. The summed E-state index contributed by atoms with van der Waals surface area (Å²) in [4.78, 5) is 39.3. The molecule has 4 rings (SSSR count). The van der Waals surface area contributed by atoms with E-state index in [2.05, 4.69) is 19.2 Å². The smallest absolute Gasteiger partial charge is 0.325 e. The number of carbonyl (C=O) groups is 1. The summed E-state index contributed by atoms with van der Waals surface area (Å²) in [6.45, 7) is 7.85. The predicted molar refractivity (Wildman–Crippen MR) is 130 cm³/mol. The lowest BCUT2D eigenvalue weighted by Gasteiger charge is -2.14. The van der Waals surface area contributed by atoms with Crippen LogP contribution in [0.4, 0.5) is 5.69 Å². The average Bonchev–Trinajstić information content (AvgIpc) is 3.23. The van der Waals surface area contributed by atoms with Gasteiger partial charge >= 0.3 is 5.69 Å². The first-order chi connectivity index (χ1) is 15.3. The molecule has 0 saturated heterocycles. The number of nitrogens with one attached hydrogen (secondary N) is 1. The lowest BCUT2D eigenvalue weighted by Crippen LogP contribution is -2.40. The van der Waals surface area contributed by atoms with Crippen LogP contribution in [-0.4, -0.2) is 15.0 Å². The van der Waals surface area contributed by atoms with Crippen molar-refractivity contribution in [3.8, 4) is 5.69 Å². The van der Waals surface area contributed by atoms with Crippen LogP contribution in [0.2, 0.25) is 0 Å². The molecule has 0 radical (unpaired) electrons. The number of aryl methyl sites for hydroxylation is 2. The number of anilines is 1. The molecule has 0 unspecified atom stereocenters. The number of aromatic nitrogens is 2. The lowest BCUT2D eigenvalue weighted by molar-refractivity contribution is -0.116. The van der Waals surface area contributed by atoms with Crippen molar-refractivity contribution in [1.82, 2.24) is 9.13 Å². The van der Waals surface area contributed by atoms with Gasteiger partial charge in [0.1, 0.15) is 11.2 Å². The van der Waals surface area contributed by atoms with Crippen molar-refractivity contribution >= 4 is 33.1 Å². The van der Waals surface area contributed by atoms with E-state index in [9.17, 15) is 14.4 Å². The molecule has 2 aromatic carbocycles. The summed E-state index contributed by atoms with van der Waals surface area (Å²) in [5.41, 5.74) is 3.80. The molecule has 0 bridgehead atoms. The van der Waals surface area contributed by atoms with Crippen molar-refractivity contribution in [3.05, 3.63) is 91.4 Å². The minimum absolute atomic E-state index is 0.191. The van der Waals surface area contributed by atoms with Gasteiger partial charge in [-0.05, 0) is 60.5 Å². The van der Waals surface area contributed by atoms with E-state index in [1.807, 2.05) is 50.2 Å². The molecule has 0 spiro atoms. The van der Waals surface area contributed by atoms with Crippen molar-refractivity contribution in [2.75, 3.05) is 5.32 Å². The normalized spacial score (nSPS) is 11.3. The second-order valence-electron chi connectivity index (χ2n) is 8.26. The highest BCUT2D eigenvalue weighted by Gasteiger charge is 2.18. The van der Waals surface area contributed by atoms with Crippen LogP contribution in [0.25, 0.3) is 15.9 Å². The second-order valence-corrected chi connectivity index (χ2v) is 9.18. The number of fused-ring (bicyclic) bond motifs is 1. The number of nitrogens with zero attached hydrogens (tertiary/aromatic N) is 2. The number of rotatable bonds is 5. The van der Waals surface area contributed by atoms with Gasteiger partial charge < -0.3 is 5.32 Å². The Kier molecular flexibility index (Phi) is 5.84. The van der Waals surface area contributed by atoms with Crippen molar-refractivity contribution in [2.45, 2.75) is 40.2 Å². The second kappa shape index (κ2) is 8.59. The molecular formula is C25H25N3O3S. The molecule has 164 valence electrons. The highest BCUT2D eigenvalue weighted by molar-refractivity contribution is 7.17. The predicted octanol–water partition coefficient (Wildman–Crippen LogP) is 4.59. The van der Waals surface area contributed by atoms with E-state index < -0.39 is 5.69 Å².